The van der Waals surface area contributed by atoms with E-state index in [9.17, 15) is 23.1 Å². The van der Waals surface area contributed by atoms with Crippen LogP contribution >= 0.6 is 0 Å². The van der Waals surface area contributed by atoms with Crippen molar-refractivity contribution in [1.29, 1.82) is 0 Å². The van der Waals surface area contributed by atoms with Crippen LogP contribution in [-0.4, -0.2) is 54.1 Å². The Morgan fingerprint density at radius 1 is 1.09 bits per heavy atom. The summed E-state index contributed by atoms with van der Waals surface area (Å²) in [7, 11) is -4.05. The van der Waals surface area contributed by atoms with Crippen LogP contribution in [0.5, 0.6) is 5.75 Å². The molecule has 0 fully saturated rings. The third-order valence-electron chi connectivity index (χ3n) is 4.62. The highest BCUT2D eigenvalue weighted by molar-refractivity contribution is 7.89. The van der Waals surface area contributed by atoms with Gasteiger partial charge in [0, 0.05) is 31.0 Å². The smallest absolute Gasteiger partial charge is 0.323 e. The number of imidazole rings is 1. The van der Waals surface area contributed by atoms with Crippen LogP contribution in [0.25, 0.3) is 0 Å². The number of carboxylic acid groups (broad SMARTS) is 1. The fourth-order valence-electron chi connectivity index (χ4n) is 2.89. The molecule has 3 rings (SSSR count). The van der Waals surface area contributed by atoms with Crippen molar-refractivity contribution in [2.75, 3.05) is 13.2 Å². The lowest BCUT2D eigenvalue weighted by atomic mass is 10.2. The highest BCUT2D eigenvalue weighted by Crippen LogP contribution is 2.13. The molecule has 10 nitrogen and oxygen atoms in total. The standard InChI is InChI=1S/C22H24N4O6S/c27-21(17-7-9-18(10-8-17)32-14-4-12-26-13-11-23-16-26)24-15-20(22(28)29)25-33(30,31)19-5-2-1-3-6-19/h1-3,5-11,13,16,20,25H,4,12,14-15H2,(H,24,27)(H,28,29). The van der Waals surface area contributed by atoms with Gasteiger partial charge in [0.1, 0.15) is 11.8 Å². The molecule has 0 bridgehead atoms. The van der Waals surface area contributed by atoms with Crippen LogP contribution in [0.2, 0.25) is 0 Å². The average Bonchev–Trinajstić information content (AvgIpc) is 3.34. The number of carbonyl (C=O) groups is 2. The molecular weight excluding hydrogens is 448 g/mol. The number of carboxylic acids is 1. The highest BCUT2D eigenvalue weighted by Gasteiger charge is 2.26. The van der Waals surface area contributed by atoms with Gasteiger partial charge in [-0.2, -0.15) is 4.72 Å². The first-order valence-corrected chi connectivity index (χ1v) is 11.6. The third kappa shape index (κ3) is 7.16. The zero-order valence-corrected chi connectivity index (χ0v) is 18.4. The second-order valence-corrected chi connectivity index (χ2v) is 8.78. The molecule has 1 aromatic heterocycles. The molecule has 3 aromatic rings. The molecule has 0 radical (unpaired) electrons. The molecule has 174 valence electrons. The van der Waals surface area contributed by atoms with Gasteiger partial charge in [0.25, 0.3) is 5.91 Å². The molecule has 33 heavy (non-hydrogen) atoms. The number of aromatic nitrogens is 2. The summed E-state index contributed by atoms with van der Waals surface area (Å²) in [6.07, 6.45) is 6.10. The van der Waals surface area contributed by atoms with Gasteiger partial charge in [-0.3, -0.25) is 9.59 Å². The molecular formula is C22H24N4O6S. The Bertz CT molecular complexity index is 1150. The number of benzene rings is 2. The SMILES string of the molecule is O=C(NCC(NS(=O)(=O)c1ccccc1)C(=O)O)c1ccc(OCCCn2ccnc2)cc1. The third-order valence-corrected chi connectivity index (χ3v) is 6.11. The van der Waals surface area contributed by atoms with Crippen LogP contribution in [0.1, 0.15) is 16.8 Å². The van der Waals surface area contributed by atoms with Crippen molar-refractivity contribution in [2.45, 2.75) is 23.9 Å². The van der Waals surface area contributed by atoms with Gasteiger partial charge in [-0.15, -0.1) is 0 Å². The van der Waals surface area contributed by atoms with Crippen molar-refractivity contribution in [3.63, 3.8) is 0 Å². The van der Waals surface area contributed by atoms with Crippen LogP contribution in [-0.2, 0) is 21.4 Å². The van der Waals surface area contributed by atoms with E-state index in [0.29, 0.717) is 12.4 Å². The molecule has 1 heterocycles. The number of amides is 1. The number of nitrogens with zero attached hydrogens (tertiary/aromatic N) is 2. The predicted octanol–water partition coefficient (Wildman–Crippen LogP) is 1.51. The van der Waals surface area contributed by atoms with Crippen molar-refractivity contribution >= 4 is 21.9 Å². The predicted molar refractivity (Wildman–Crippen MR) is 119 cm³/mol. The molecule has 0 aliphatic heterocycles. The number of rotatable bonds is 12. The Hall–Kier alpha value is -3.70. The lowest BCUT2D eigenvalue weighted by Crippen LogP contribution is -2.48. The van der Waals surface area contributed by atoms with Gasteiger partial charge in [-0.25, -0.2) is 13.4 Å². The fourth-order valence-corrected chi connectivity index (χ4v) is 4.10. The Morgan fingerprint density at radius 3 is 2.45 bits per heavy atom. The van der Waals surface area contributed by atoms with Gasteiger partial charge in [0.15, 0.2) is 0 Å². The van der Waals surface area contributed by atoms with Crippen LogP contribution in [0.4, 0.5) is 0 Å². The number of nitrogens with one attached hydrogen (secondary N) is 2. The van der Waals surface area contributed by atoms with E-state index in [1.807, 2.05) is 10.8 Å². The van der Waals surface area contributed by atoms with E-state index in [-0.39, 0.29) is 10.5 Å². The normalized spacial score (nSPS) is 12.1. The van der Waals surface area contributed by atoms with Crippen LogP contribution in [0.15, 0.2) is 78.2 Å². The molecule has 3 N–H and O–H groups in total. The van der Waals surface area contributed by atoms with E-state index in [4.69, 9.17) is 4.74 Å². The molecule has 0 saturated carbocycles. The average molecular weight is 473 g/mol. The van der Waals surface area contributed by atoms with Crippen molar-refractivity contribution in [2.24, 2.45) is 0 Å². The number of carbonyl (C=O) groups excluding carboxylic acids is 1. The minimum Gasteiger partial charge on any atom is -0.494 e. The van der Waals surface area contributed by atoms with Gasteiger partial charge < -0.3 is 19.7 Å². The number of hydrogen-bond acceptors (Lipinski definition) is 6. The van der Waals surface area contributed by atoms with E-state index in [0.717, 1.165) is 13.0 Å². The second-order valence-electron chi connectivity index (χ2n) is 7.06. The van der Waals surface area contributed by atoms with E-state index in [1.165, 1.54) is 24.3 Å². The van der Waals surface area contributed by atoms with E-state index >= 15 is 0 Å². The fraction of sp³-hybridized carbons (Fsp3) is 0.227. The maximum absolute atomic E-state index is 12.4. The Morgan fingerprint density at radius 2 is 1.82 bits per heavy atom. The van der Waals surface area contributed by atoms with Crippen molar-refractivity contribution in [3.05, 3.63) is 78.9 Å². The number of sulfonamides is 1. The molecule has 11 heteroatoms. The van der Waals surface area contributed by atoms with Gasteiger partial charge in [-0.05, 0) is 42.8 Å². The first-order chi connectivity index (χ1) is 15.8. The quantitative estimate of drug-likeness (QED) is 0.340. The molecule has 1 amide bonds. The number of ether oxygens (including phenoxy) is 1. The minimum atomic E-state index is -4.05. The first kappa shape index (κ1) is 24.0. The van der Waals surface area contributed by atoms with Crippen LogP contribution in [0.3, 0.4) is 0 Å². The lowest BCUT2D eigenvalue weighted by Gasteiger charge is -2.16. The zero-order valence-electron chi connectivity index (χ0n) is 17.6. The first-order valence-electron chi connectivity index (χ1n) is 10.1. The summed E-state index contributed by atoms with van der Waals surface area (Å²) in [5, 5.41) is 11.8. The van der Waals surface area contributed by atoms with Gasteiger partial charge in [0.05, 0.1) is 17.8 Å². The van der Waals surface area contributed by atoms with Crippen molar-refractivity contribution in [1.82, 2.24) is 19.6 Å². The largest absolute Gasteiger partial charge is 0.494 e. The molecule has 0 saturated heterocycles. The Kier molecular flexibility index (Phi) is 8.17. The summed E-state index contributed by atoms with van der Waals surface area (Å²) >= 11 is 0. The number of aryl methyl sites for hydroxylation is 1. The highest BCUT2D eigenvalue weighted by atomic mass is 32.2. The molecule has 0 spiro atoms. The Balaban J connectivity index is 1.49. The summed E-state index contributed by atoms with van der Waals surface area (Å²) in [4.78, 5) is 27.8. The van der Waals surface area contributed by atoms with Crippen molar-refractivity contribution in [3.8, 4) is 5.75 Å². The maximum atomic E-state index is 12.4. The lowest BCUT2D eigenvalue weighted by molar-refractivity contribution is -0.138. The molecule has 2 aromatic carbocycles. The summed E-state index contributed by atoms with van der Waals surface area (Å²) in [5.74, 6) is -1.35. The minimum absolute atomic E-state index is 0.0665. The maximum Gasteiger partial charge on any atom is 0.323 e. The number of aliphatic carboxylic acids is 1. The van der Waals surface area contributed by atoms with Crippen LogP contribution in [0, 0.1) is 0 Å². The van der Waals surface area contributed by atoms with Gasteiger partial charge in [-0.1, -0.05) is 18.2 Å². The zero-order chi connectivity index (χ0) is 23.7. The molecule has 1 atom stereocenters. The number of hydrogen-bond donors (Lipinski definition) is 3. The van der Waals surface area contributed by atoms with Crippen molar-refractivity contribution < 1.29 is 27.9 Å². The topological polar surface area (TPSA) is 140 Å². The monoisotopic (exact) mass is 472 g/mol. The summed E-state index contributed by atoms with van der Waals surface area (Å²) in [5.41, 5.74) is 0.288. The van der Waals surface area contributed by atoms with E-state index in [2.05, 4.69) is 15.0 Å². The summed E-state index contributed by atoms with van der Waals surface area (Å²) in [6.45, 7) is 0.845. The van der Waals surface area contributed by atoms with Crippen LogP contribution < -0.4 is 14.8 Å². The van der Waals surface area contributed by atoms with Gasteiger partial charge >= 0.3 is 5.97 Å². The summed E-state index contributed by atoms with van der Waals surface area (Å²) in [6, 6.07) is 12.2. The van der Waals surface area contributed by atoms with E-state index in [1.54, 1.807) is 42.9 Å². The molecule has 0 aliphatic rings. The molecule has 0 aliphatic carbocycles. The molecule has 1 unspecified atom stereocenters. The van der Waals surface area contributed by atoms with Gasteiger partial charge in [0.2, 0.25) is 10.0 Å². The summed E-state index contributed by atoms with van der Waals surface area (Å²) < 4.78 is 34.4. The Labute approximate surface area is 191 Å². The second kappa shape index (κ2) is 11.2. The van der Waals surface area contributed by atoms with E-state index < -0.39 is 34.5 Å².